The molecule has 0 unspecified atom stereocenters. The maximum Gasteiger partial charge on any atom is 0.271 e. The molecule has 5 nitrogen and oxygen atoms in total. The van der Waals surface area contributed by atoms with Gasteiger partial charge in [-0.3, -0.25) is 4.79 Å². The molecule has 0 saturated carbocycles. The molecule has 1 aromatic heterocycles. The number of hydrogen-bond donors (Lipinski definition) is 2. The molecule has 5 heteroatoms. The highest BCUT2D eigenvalue weighted by Crippen LogP contribution is 2.19. The summed E-state index contributed by atoms with van der Waals surface area (Å²) in [5.74, 6) is 0.375. The summed E-state index contributed by atoms with van der Waals surface area (Å²) in [5, 5.41) is 6.11. The first-order valence-electron chi connectivity index (χ1n) is 8.66. The van der Waals surface area contributed by atoms with Crippen molar-refractivity contribution in [2.75, 3.05) is 5.32 Å². The molecular weight excluding hydrogens is 324 g/mol. The number of benzene rings is 2. The molecule has 3 aromatic rings. The monoisotopic (exact) mass is 346 g/mol. The first-order chi connectivity index (χ1) is 12.7. The Bertz CT molecular complexity index is 873. The van der Waals surface area contributed by atoms with Crippen molar-refractivity contribution < 1.29 is 4.79 Å². The number of amides is 1. The van der Waals surface area contributed by atoms with Gasteiger partial charge in [-0.25, -0.2) is 9.97 Å². The first-order valence-corrected chi connectivity index (χ1v) is 8.66. The fourth-order valence-corrected chi connectivity index (χ4v) is 2.58. The second-order valence-electron chi connectivity index (χ2n) is 6.09. The summed E-state index contributed by atoms with van der Waals surface area (Å²) in [6, 6.07) is 16.1. The van der Waals surface area contributed by atoms with E-state index in [0.717, 1.165) is 17.7 Å². The lowest BCUT2D eigenvalue weighted by atomic mass is 10.1. The van der Waals surface area contributed by atoms with Crippen molar-refractivity contribution in [1.82, 2.24) is 15.3 Å². The molecule has 0 fully saturated rings. The molecule has 0 spiro atoms. The van der Waals surface area contributed by atoms with E-state index < -0.39 is 0 Å². The summed E-state index contributed by atoms with van der Waals surface area (Å²) in [6.45, 7) is 4.60. The van der Waals surface area contributed by atoms with Crippen LogP contribution in [0.15, 0.2) is 60.9 Å². The van der Waals surface area contributed by atoms with Gasteiger partial charge >= 0.3 is 0 Å². The van der Waals surface area contributed by atoms with Crippen LogP contribution in [0, 0.1) is 6.92 Å². The minimum Gasteiger partial charge on any atom is -0.347 e. The average molecular weight is 346 g/mol. The van der Waals surface area contributed by atoms with Gasteiger partial charge < -0.3 is 10.6 Å². The lowest BCUT2D eigenvalue weighted by Gasteiger charge is -2.10. The number of para-hydroxylation sites is 1. The van der Waals surface area contributed by atoms with Gasteiger partial charge in [0.05, 0.1) is 12.4 Å². The Balaban J connectivity index is 1.61. The van der Waals surface area contributed by atoms with Crippen LogP contribution >= 0.6 is 0 Å². The van der Waals surface area contributed by atoms with E-state index in [4.69, 9.17) is 0 Å². The lowest BCUT2D eigenvalue weighted by Crippen LogP contribution is -2.24. The average Bonchev–Trinajstić information content (AvgIpc) is 2.68. The van der Waals surface area contributed by atoms with Gasteiger partial charge in [0.25, 0.3) is 5.91 Å². The van der Waals surface area contributed by atoms with E-state index >= 15 is 0 Å². The number of carbonyl (C=O) groups excluding carboxylic acids is 1. The van der Waals surface area contributed by atoms with E-state index in [-0.39, 0.29) is 5.91 Å². The number of carbonyl (C=O) groups is 1. The van der Waals surface area contributed by atoms with Gasteiger partial charge in [-0.2, -0.15) is 0 Å². The van der Waals surface area contributed by atoms with Crippen molar-refractivity contribution in [1.29, 1.82) is 0 Å². The number of nitrogens with zero attached hydrogens (tertiary/aromatic N) is 2. The Morgan fingerprint density at radius 3 is 2.46 bits per heavy atom. The predicted molar refractivity (Wildman–Crippen MR) is 103 cm³/mol. The highest BCUT2D eigenvalue weighted by atomic mass is 16.1. The second-order valence-corrected chi connectivity index (χ2v) is 6.09. The number of aryl methyl sites for hydroxylation is 2. The lowest BCUT2D eigenvalue weighted by molar-refractivity contribution is 0.0945. The molecule has 1 heterocycles. The molecule has 0 saturated heterocycles. The van der Waals surface area contributed by atoms with E-state index in [0.29, 0.717) is 18.1 Å². The standard InChI is InChI=1S/C21H22N4O/c1-3-17-6-4-5-7-18(17)25-20-14-22-19(13-23-20)21(26)24-12-16-10-8-15(2)9-11-16/h4-11,13-14H,3,12H2,1-2H3,(H,23,25)(H,24,26). The number of aromatic nitrogens is 2. The Kier molecular flexibility index (Phi) is 5.59. The van der Waals surface area contributed by atoms with Crippen molar-refractivity contribution in [3.8, 4) is 0 Å². The summed E-state index contributed by atoms with van der Waals surface area (Å²) in [5.41, 5.74) is 4.74. The molecule has 2 N–H and O–H groups in total. The molecule has 0 aliphatic rings. The molecule has 0 aliphatic heterocycles. The Labute approximate surface area is 153 Å². The van der Waals surface area contributed by atoms with Crippen LogP contribution in [-0.2, 0) is 13.0 Å². The van der Waals surface area contributed by atoms with Crippen LogP contribution in [-0.4, -0.2) is 15.9 Å². The van der Waals surface area contributed by atoms with Crippen LogP contribution in [0.2, 0.25) is 0 Å². The topological polar surface area (TPSA) is 66.9 Å². The van der Waals surface area contributed by atoms with Gasteiger partial charge in [-0.05, 0) is 30.5 Å². The van der Waals surface area contributed by atoms with Gasteiger partial charge in [-0.15, -0.1) is 0 Å². The molecule has 1 amide bonds. The Morgan fingerprint density at radius 2 is 1.77 bits per heavy atom. The number of nitrogens with one attached hydrogen (secondary N) is 2. The zero-order valence-electron chi connectivity index (χ0n) is 15.0. The summed E-state index contributed by atoms with van der Waals surface area (Å²) in [7, 11) is 0. The van der Waals surface area contributed by atoms with Gasteiger partial charge in [-0.1, -0.05) is 55.0 Å². The highest BCUT2D eigenvalue weighted by molar-refractivity contribution is 5.92. The summed E-state index contributed by atoms with van der Waals surface area (Å²) in [6.07, 6.45) is 3.99. The zero-order chi connectivity index (χ0) is 18.4. The van der Waals surface area contributed by atoms with Crippen molar-refractivity contribution in [3.05, 3.63) is 83.3 Å². The van der Waals surface area contributed by atoms with Crippen molar-refractivity contribution in [2.45, 2.75) is 26.8 Å². The number of anilines is 2. The summed E-state index contributed by atoms with van der Waals surface area (Å²) in [4.78, 5) is 20.7. The summed E-state index contributed by atoms with van der Waals surface area (Å²) < 4.78 is 0. The van der Waals surface area contributed by atoms with E-state index in [1.54, 1.807) is 6.20 Å². The smallest absolute Gasteiger partial charge is 0.271 e. The Hall–Kier alpha value is -3.21. The third-order valence-corrected chi connectivity index (χ3v) is 4.12. The number of rotatable bonds is 6. The SMILES string of the molecule is CCc1ccccc1Nc1cnc(C(=O)NCc2ccc(C)cc2)cn1. The molecule has 0 aliphatic carbocycles. The zero-order valence-corrected chi connectivity index (χ0v) is 15.0. The van der Waals surface area contributed by atoms with Gasteiger partial charge in [0.15, 0.2) is 0 Å². The minimum absolute atomic E-state index is 0.237. The van der Waals surface area contributed by atoms with Crippen LogP contribution in [0.3, 0.4) is 0 Å². The summed E-state index contributed by atoms with van der Waals surface area (Å²) >= 11 is 0. The normalized spacial score (nSPS) is 10.4. The van der Waals surface area contributed by atoms with Gasteiger partial charge in [0, 0.05) is 12.2 Å². The van der Waals surface area contributed by atoms with Crippen LogP contribution in [0.5, 0.6) is 0 Å². The molecular formula is C21H22N4O. The molecule has 3 rings (SSSR count). The molecule has 26 heavy (non-hydrogen) atoms. The van der Waals surface area contributed by atoms with Crippen LogP contribution < -0.4 is 10.6 Å². The first kappa shape index (κ1) is 17.6. The van der Waals surface area contributed by atoms with E-state index in [9.17, 15) is 4.79 Å². The van der Waals surface area contributed by atoms with Crippen molar-refractivity contribution in [3.63, 3.8) is 0 Å². The third kappa shape index (κ3) is 4.45. The molecule has 0 atom stereocenters. The maximum absolute atomic E-state index is 12.2. The molecule has 0 radical (unpaired) electrons. The highest BCUT2D eigenvalue weighted by Gasteiger charge is 2.08. The molecule has 132 valence electrons. The largest absolute Gasteiger partial charge is 0.347 e. The maximum atomic E-state index is 12.2. The Morgan fingerprint density at radius 1 is 1.00 bits per heavy atom. The van der Waals surface area contributed by atoms with Crippen LogP contribution in [0.4, 0.5) is 11.5 Å². The van der Waals surface area contributed by atoms with Crippen molar-refractivity contribution in [2.24, 2.45) is 0 Å². The molecule has 0 bridgehead atoms. The van der Waals surface area contributed by atoms with Crippen LogP contribution in [0.1, 0.15) is 34.1 Å². The van der Waals surface area contributed by atoms with Gasteiger partial charge in [0.1, 0.15) is 11.5 Å². The predicted octanol–water partition coefficient (Wildman–Crippen LogP) is 4.02. The fourth-order valence-electron chi connectivity index (χ4n) is 2.58. The minimum atomic E-state index is -0.237. The third-order valence-electron chi connectivity index (χ3n) is 4.12. The van der Waals surface area contributed by atoms with Gasteiger partial charge in [0.2, 0.25) is 0 Å². The van der Waals surface area contributed by atoms with E-state index in [1.165, 1.54) is 17.3 Å². The molecule has 2 aromatic carbocycles. The van der Waals surface area contributed by atoms with Crippen molar-refractivity contribution >= 4 is 17.4 Å². The fraction of sp³-hybridized carbons (Fsp3) is 0.190. The number of hydrogen-bond acceptors (Lipinski definition) is 4. The second kappa shape index (κ2) is 8.25. The van der Waals surface area contributed by atoms with E-state index in [1.807, 2.05) is 49.4 Å². The quantitative estimate of drug-likeness (QED) is 0.707. The van der Waals surface area contributed by atoms with E-state index in [2.05, 4.69) is 33.6 Å². The van der Waals surface area contributed by atoms with Crippen LogP contribution in [0.25, 0.3) is 0 Å².